The Morgan fingerprint density at radius 3 is 2.47 bits per heavy atom. The van der Waals surface area contributed by atoms with E-state index >= 15 is 0 Å². The lowest BCUT2D eigenvalue weighted by molar-refractivity contribution is -0.138. The highest BCUT2D eigenvalue weighted by Crippen LogP contribution is 2.36. The van der Waals surface area contributed by atoms with Gasteiger partial charge in [-0.05, 0) is 56.5 Å². The second-order valence-electron chi connectivity index (χ2n) is 14.8. The van der Waals surface area contributed by atoms with Gasteiger partial charge >= 0.3 is 0 Å². The molecule has 6 heterocycles. The van der Waals surface area contributed by atoms with Crippen LogP contribution in [0.1, 0.15) is 77.9 Å². The maximum atomic E-state index is 13.5. The summed E-state index contributed by atoms with van der Waals surface area (Å²) in [4.78, 5) is 84.9. The van der Waals surface area contributed by atoms with Crippen molar-refractivity contribution in [3.8, 4) is 5.75 Å². The van der Waals surface area contributed by atoms with Crippen LogP contribution in [0.25, 0.3) is 11.0 Å². The van der Waals surface area contributed by atoms with E-state index in [4.69, 9.17) is 9.72 Å². The largest absolute Gasteiger partial charge is 0.481 e. The number of ether oxygens (including phenoxy) is 1. The van der Waals surface area contributed by atoms with E-state index < -0.39 is 18.1 Å². The summed E-state index contributed by atoms with van der Waals surface area (Å²) in [6, 6.07) is 10.3. The second kappa shape index (κ2) is 14.6. The first kappa shape index (κ1) is 35.9. The predicted octanol–water partition coefficient (Wildman–Crippen LogP) is 3.26. The Hall–Kier alpha value is -6.06. The van der Waals surface area contributed by atoms with E-state index in [2.05, 4.69) is 30.1 Å². The molecule has 0 spiro atoms. The second-order valence-corrected chi connectivity index (χ2v) is 14.8. The molecule has 2 atom stereocenters. The molecule has 286 valence electrons. The fourth-order valence-electron chi connectivity index (χ4n) is 8.11. The fourth-order valence-corrected chi connectivity index (χ4v) is 8.11. The van der Waals surface area contributed by atoms with Crippen LogP contribution in [-0.2, 0) is 20.9 Å². The van der Waals surface area contributed by atoms with E-state index in [0.29, 0.717) is 60.5 Å². The van der Waals surface area contributed by atoms with E-state index in [1.807, 2.05) is 18.2 Å². The average molecular weight is 749 g/mol. The third kappa shape index (κ3) is 6.92. The molecule has 1 aromatic carbocycles. The molecule has 3 fully saturated rings. The maximum absolute atomic E-state index is 13.5. The number of pyridine rings is 1. The number of nitrogens with one attached hydrogen (secondary N) is 2. The number of hydrogen-bond donors (Lipinski definition) is 2. The zero-order valence-electron chi connectivity index (χ0n) is 31.2. The van der Waals surface area contributed by atoms with Gasteiger partial charge in [-0.3, -0.25) is 29.3 Å². The number of benzene rings is 1. The summed E-state index contributed by atoms with van der Waals surface area (Å²) < 4.78 is 8.25. The molecule has 16 nitrogen and oxygen atoms in total. The number of imide groups is 1. The molecule has 3 aromatic heterocycles. The van der Waals surface area contributed by atoms with Crippen LogP contribution < -0.4 is 20.3 Å². The van der Waals surface area contributed by atoms with E-state index in [1.165, 1.54) is 4.90 Å². The molecule has 0 radical (unpaired) electrons. The number of fused-ring (bicyclic) bond motifs is 2. The van der Waals surface area contributed by atoms with Crippen molar-refractivity contribution >= 4 is 58.0 Å². The number of amides is 5. The molecule has 55 heavy (non-hydrogen) atoms. The molecule has 3 aliphatic heterocycles. The van der Waals surface area contributed by atoms with Crippen LogP contribution in [0.5, 0.6) is 5.75 Å². The molecular weight excluding hydrogens is 704 g/mol. The van der Waals surface area contributed by atoms with E-state index in [1.54, 1.807) is 61.4 Å². The quantitative estimate of drug-likeness (QED) is 0.241. The van der Waals surface area contributed by atoms with Crippen molar-refractivity contribution in [1.29, 1.82) is 0 Å². The first-order valence-corrected chi connectivity index (χ1v) is 18.9. The number of carbonyl (C=O) groups is 5. The summed E-state index contributed by atoms with van der Waals surface area (Å²) >= 11 is 0. The maximum Gasteiger partial charge on any atom is 0.270 e. The van der Waals surface area contributed by atoms with E-state index in [-0.39, 0.29) is 49.1 Å². The third-order valence-corrected chi connectivity index (χ3v) is 11.0. The van der Waals surface area contributed by atoms with Gasteiger partial charge in [-0.25, -0.2) is 9.97 Å². The van der Waals surface area contributed by atoms with Crippen LogP contribution >= 0.6 is 0 Å². The van der Waals surface area contributed by atoms with Crippen LogP contribution in [-0.4, -0.2) is 116 Å². The van der Waals surface area contributed by atoms with Gasteiger partial charge < -0.3 is 34.2 Å². The summed E-state index contributed by atoms with van der Waals surface area (Å²) in [7, 11) is 3.52. The molecule has 2 N–H and O–H groups in total. The first-order chi connectivity index (χ1) is 26.5. The van der Waals surface area contributed by atoms with Crippen molar-refractivity contribution < 1.29 is 28.7 Å². The smallest absolute Gasteiger partial charge is 0.270 e. The highest BCUT2D eigenvalue weighted by molar-refractivity contribution is 6.05. The fraction of sp³-hybridized carbons (Fsp3) is 0.436. The van der Waals surface area contributed by atoms with E-state index in [9.17, 15) is 24.0 Å². The zero-order valence-corrected chi connectivity index (χ0v) is 31.2. The minimum atomic E-state index is -0.799. The standard InChI is InChI=1S/C39H44N10O6/c1-23(55-31-10-6-9-27-28(31)22-48(37(27)53)29-12-14-33(50)43-35(29)51)36(52)47-17-15-46(16-18-47)26-11-13-32(40-21-26)42-39-41-20-24-19-30(38(54)45(2)3)49(34(24)44-39)25-7-4-5-8-25/h6,9-11,13,19-21,23,25,29H,4-5,7-8,12,14-18,22H2,1-3H3,(H,43,50,51)(H,40,41,42,44)/t23-,29-/m0/s1. The van der Waals surface area contributed by atoms with Gasteiger partial charge in [0.2, 0.25) is 17.8 Å². The zero-order chi connectivity index (χ0) is 38.4. The molecular formula is C39H44N10O6. The summed E-state index contributed by atoms with van der Waals surface area (Å²) in [6.07, 6.45) is 7.44. The number of carbonyl (C=O) groups excluding carboxylic acids is 5. The predicted molar refractivity (Wildman–Crippen MR) is 202 cm³/mol. The third-order valence-electron chi connectivity index (χ3n) is 11.0. The van der Waals surface area contributed by atoms with Crippen LogP contribution in [0.15, 0.2) is 48.8 Å². The van der Waals surface area contributed by atoms with Crippen molar-refractivity contribution in [3.63, 3.8) is 0 Å². The van der Waals surface area contributed by atoms with E-state index in [0.717, 1.165) is 42.4 Å². The number of piperidine rings is 1. The number of hydrogen-bond acceptors (Lipinski definition) is 11. The van der Waals surface area contributed by atoms with Gasteiger partial charge in [0.15, 0.2) is 6.10 Å². The van der Waals surface area contributed by atoms with Gasteiger partial charge in [0.05, 0.1) is 18.4 Å². The summed E-state index contributed by atoms with van der Waals surface area (Å²) in [5, 5.41) is 6.36. The van der Waals surface area contributed by atoms with Crippen molar-refractivity contribution in [3.05, 3.63) is 65.6 Å². The van der Waals surface area contributed by atoms with Gasteiger partial charge in [0, 0.05) is 75.4 Å². The Balaban J connectivity index is 0.875. The Bertz CT molecular complexity index is 2170. The molecule has 16 heteroatoms. The molecule has 4 aromatic rings. The molecule has 0 bridgehead atoms. The van der Waals surface area contributed by atoms with Gasteiger partial charge in [0.25, 0.3) is 17.7 Å². The van der Waals surface area contributed by atoms with Crippen LogP contribution in [0.4, 0.5) is 17.5 Å². The van der Waals surface area contributed by atoms with Gasteiger partial charge in [-0.15, -0.1) is 0 Å². The van der Waals surface area contributed by atoms with Crippen LogP contribution in [0, 0.1) is 0 Å². The normalized spacial score (nSPS) is 19.4. The topological polar surface area (TPSA) is 175 Å². The van der Waals surface area contributed by atoms with Crippen molar-refractivity contribution in [2.24, 2.45) is 0 Å². The van der Waals surface area contributed by atoms with Crippen molar-refractivity contribution in [2.45, 2.75) is 70.2 Å². The number of aromatic nitrogens is 4. The number of rotatable bonds is 9. The summed E-state index contributed by atoms with van der Waals surface area (Å²) in [5.74, 6) is 0.0844. The molecule has 1 saturated carbocycles. The molecule has 1 aliphatic carbocycles. The number of piperazine rings is 1. The summed E-state index contributed by atoms with van der Waals surface area (Å²) in [6.45, 7) is 4.07. The average Bonchev–Trinajstić information content (AvgIpc) is 3.93. The molecule has 0 unspecified atom stereocenters. The lowest BCUT2D eigenvalue weighted by Crippen LogP contribution is -2.52. The highest BCUT2D eigenvalue weighted by Gasteiger charge is 2.40. The minimum absolute atomic E-state index is 0.0555. The monoisotopic (exact) mass is 748 g/mol. The number of anilines is 3. The van der Waals surface area contributed by atoms with Crippen molar-refractivity contribution in [1.82, 2.24) is 39.5 Å². The minimum Gasteiger partial charge on any atom is -0.481 e. The molecule has 4 aliphatic rings. The molecule has 8 rings (SSSR count). The Kier molecular flexibility index (Phi) is 9.57. The lowest BCUT2D eigenvalue weighted by atomic mass is 10.0. The lowest BCUT2D eigenvalue weighted by Gasteiger charge is -2.37. The molecule has 2 saturated heterocycles. The Morgan fingerprint density at radius 1 is 0.982 bits per heavy atom. The first-order valence-electron chi connectivity index (χ1n) is 18.9. The molecule has 5 amide bonds. The van der Waals surface area contributed by atoms with Gasteiger partial charge in [-0.1, -0.05) is 18.9 Å². The van der Waals surface area contributed by atoms with Gasteiger partial charge in [-0.2, -0.15) is 4.98 Å². The van der Waals surface area contributed by atoms with Crippen LogP contribution in [0.3, 0.4) is 0 Å². The highest BCUT2D eigenvalue weighted by atomic mass is 16.5. The summed E-state index contributed by atoms with van der Waals surface area (Å²) in [5.41, 5.74) is 3.34. The number of nitrogens with zero attached hydrogens (tertiary/aromatic N) is 8. The Morgan fingerprint density at radius 2 is 1.76 bits per heavy atom. The SMILES string of the molecule is C[C@H](Oc1cccc2c1CN([C@H]1CCC(=O)NC1=O)C2=O)C(=O)N1CCN(c2ccc(Nc3ncc4cc(C(=O)N(C)C)n(C5CCCC5)c4n3)nc2)CC1. The van der Waals surface area contributed by atoms with Crippen LogP contribution in [0.2, 0.25) is 0 Å². The Labute approximate surface area is 317 Å². The van der Waals surface area contributed by atoms with Gasteiger partial charge in [0.1, 0.15) is 29.0 Å². The van der Waals surface area contributed by atoms with Crippen molar-refractivity contribution in [2.75, 3.05) is 50.5 Å².